The Balaban J connectivity index is 1.17. The number of ether oxygens (including phenoxy) is 1. The van der Waals surface area contributed by atoms with Crippen molar-refractivity contribution in [2.75, 3.05) is 73.5 Å². The van der Waals surface area contributed by atoms with Crippen LogP contribution in [-0.4, -0.2) is 141 Å². The number of ketones is 1. The van der Waals surface area contributed by atoms with E-state index in [2.05, 4.69) is 37.3 Å². The molecule has 0 aromatic carbocycles. The van der Waals surface area contributed by atoms with Gasteiger partial charge in [-0.2, -0.15) is 0 Å². The number of carbonyl (C=O) groups excluding carboxylic acids is 2. The number of likely N-dealkylation sites (N-methyl/N-ethyl adjacent to an activating group) is 1. The van der Waals surface area contributed by atoms with Crippen molar-refractivity contribution in [2.24, 2.45) is 17.8 Å². The minimum atomic E-state index is -1.19. The molecule has 2 N–H and O–H groups in total. The van der Waals surface area contributed by atoms with E-state index < -0.39 is 24.2 Å². The standard InChI is InChI=1S/C34H57FN6O3/c1-38(2)13-7-6-11-37-34(43)26-22-41-28-19-23-9-4-5-10-24(23)20-29(28)44-33-30(27(35)21-25(31(33)41)32(26)42)36-12-8-14-40-17-15-39(3)16-18-40/h22-25,27-31,33,36H,4-21H2,1-3H3,(H,37,43). The molecule has 0 aromatic heterocycles. The molecule has 6 aliphatic rings. The van der Waals surface area contributed by atoms with Gasteiger partial charge >= 0.3 is 0 Å². The van der Waals surface area contributed by atoms with Gasteiger partial charge in [0.05, 0.1) is 35.9 Å². The molecule has 3 aliphatic heterocycles. The van der Waals surface area contributed by atoms with Crippen LogP contribution in [0, 0.1) is 17.8 Å². The second-order valence-electron chi connectivity index (χ2n) is 14.9. The monoisotopic (exact) mass is 616 g/mol. The smallest absolute Gasteiger partial charge is 0.256 e. The van der Waals surface area contributed by atoms with Crippen molar-refractivity contribution < 1.29 is 18.7 Å². The zero-order valence-corrected chi connectivity index (χ0v) is 27.4. The molecular weight excluding hydrogens is 559 g/mol. The van der Waals surface area contributed by atoms with E-state index in [1.165, 1.54) is 25.7 Å². The van der Waals surface area contributed by atoms with Crippen LogP contribution < -0.4 is 10.6 Å². The number of amides is 1. The number of rotatable bonds is 11. The summed E-state index contributed by atoms with van der Waals surface area (Å²) in [4.78, 5) is 36.6. The number of fused-ring (bicyclic) bond motifs is 3. The summed E-state index contributed by atoms with van der Waals surface area (Å²) in [6.45, 7) is 7.61. The average Bonchev–Trinajstić information content (AvgIpc) is 3.01. The summed E-state index contributed by atoms with van der Waals surface area (Å²) >= 11 is 0. The Bertz CT molecular complexity index is 1030. The fourth-order valence-corrected chi connectivity index (χ4v) is 9.19. The zero-order valence-electron chi connectivity index (χ0n) is 27.4. The zero-order chi connectivity index (χ0) is 30.8. The molecule has 2 saturated heterocycles. The first-order chi connectivity index (χ1) is 21.3. The minimum absolute atomic E-state index is 0.0102. The Morgan fingerprint density at radius 1 is 1.02 bits per heavy atom. The molecule has 248 valence electrons. The predicted octanol–water partition coefficient (Wildman–Crippen LogP) is 2.27. The molecule has 3 heterocycles. The van der Waals surface area contributed by atoms with E-state index in [0.29, 0.717) is 18.4 Å². The SMILES string of the molecule is CN(C)CCCCNC(=O)C1=CN2C3CC4CCCCC4CC3OC3C(NCCCN4CCN(C)CC4)C(F)CC(C1=O)C32. The number of nitrogens with one attached hydrogen (secondary N) is 2. The second-order valence-corrected chi connectivity index (χ2v) is 14.9. The van der Waals surface area contributed by atoms with Crippen LogP contribution in [0.5, 0.6) is 0 Å². The Morgan fingerprint density at radius 3 is 2.52 bits per heavy atom. The number of hydrogen-bond donors (Lipinski definition) is 2. The number of morpholine rings is 1. The van der Waals surface area contributed by atoms with Gasteiger partial charge in [0.1, 0.15) is 6.17 Å². The van der Waals surface area contributed by atoms with Crippen molar-refractivity contribution in [2.45, 2.75) is 101 Å². The Morgan fingerprint density at radius 2 is 1.77 bits per heavy atom. The molecule has 0 spiro atoms. The maximum absolute atomic E-state index is 16.1. The molecule has 9 nitrogen and oxygen atoms in total. The van der Waals surface area contributed by atoms with Crippen molar-refractivity contribution >= 4 is 11.7 Å². The fourth-order valence-electron chi connectivity index (χ4n) is 9.19. The molecule has 0 radical (unpaired) electrons. The number of halogens is 1. The molecule has 9 atom stereocenters. The van der Waals surface area contributed by atoms with Gasteiger partial charge in [-0.15, -0.1) is 0 Å². The molecular formula is C34H57FN6O3. The highest BCUT2D eigenvalue weighted by Gasteiger charge is 2.59. The quantitative estimate of drug-likeness (QED) is 0.271. The number of carbonyl (C=O) groups is 2. The van der Waals surface area contributed by atoms with Gasteiger partial charge in [0, 0.05) is 44.8 Å². The fraction of sp³-hybridized carbons (Fsp3) is 0.882. The number of nitrogens with zero attached hydrogens (tertiary/aromatic N) is 4. The Hall–Kier alpha value is -1.59. The molecule has 0 aromatic rings. The number of hydrogen-bond acceptors (Lipinski definition) is 8. The van der Waals surface area contributed by atoms with E-state index in [0.717, 1.165) is 77.9 Å². The average molecular weight is 617 g/mol. The summed E-state index contributed by atoms with van der Waals surface area (Å²) in [6.07, 6.45) is 10.4. The van der Waals surface area contributed by atoms with E-state index >= 15 is 4.39 Å². The number of alkyl halides is 1. The van der Waals surface area contributed by atoms with Crippen molar-refractivity contribution in [3.8, 4) is 0 Å². The topological polar surface area (TPSA) is 80.4 Å². The first-order valence-electron chi connectivity index (χ1n) is 17.7. The molecule has 0 bridgehead atoms. The Kier molecular flexibility index (Phi) is 10.6. The largest absolute Gasteiger partial charge is 0.369 e. The molecule has 3 aliphatic carbocycles. The summed E-state index contributed by atoms with van der Waals surface area (Å²) in [5.74, 6) is 0.278. The summed E-state index contributed by atoms with van der Waals surface area (Å²) in [6, 6.07) is -0.518. The molecule has 44 heavy (non-hydrogen) atoms. The predicted molar refractivity (Wildman–Crippen MR) is 170 cm³/mol. The van der Waals surface area contributed by atoms with Crippen LogP contribution in [0.4, 0.5) is 4.39 Å². The highest BCUT2D eigenvalue weighted by atomic mass is 19.1. The summed E-state index contributed by atoms with van der Waals surface area (Å²) in [7, 11) is 6.26. The summed E-state index contributed by atoms with van der Waals surface area (Å²) in [5.41, 5.74) is 0.217. The van der Waals surface area contributed by atoms with Gasteiger partial charge in [0.25, 0.3) is 5.91 Å². The summed E-state index contributed by atoms with van der Waals surface area (Å²) in [5, 5.41) is 6.59. The summed E-state index contributed by atoms with van der Waals surface area (Å²) < 4.78 is 23.1. The van der Waals surface area contributed by atoms with Gasteiger partial charge in [-0.25, -0.2) is 4.39 Å². The normalized spacial score (nSPS) is 37.7. The van der Waals surface area contributed by atoms with Gasteiger partial charge in [0.15, 0.2) is 5.78 Å². The third-order valence-electron chi connectivity index (χ3n) is 11.7. The van der Waals surface area contributed by atoms with E-state index in [1.807, 2.05) is 20.3 Å². The van der Waals surface area contributed by atoms with Crippen molar-refractivity contribution in [1.29, 1.82) is 0 Å². The van der Waals surface area contributed by atoms with Crippen molar-refractivity contribution in [1.82, 2.24) is 30.2 Å². The number of piperazine rings is 1. The van der Waals surface area contributed by atoms with Crippen molar-refractivity contribution in [3.63, 3.8) is 0 Å². The van der Waals surface area contributed by atoms with Gasteiger partial charge < -0.3 is 35.0 Å². The van der Waals surface area contributed by atoms with E-state index in [4.69, 9.17) is 4.74 Å². The third kappa shape index (κ3) is 7.04. The van der Waals surface area contributed by atoms with E-state index in [9.17, 15) is 9.59 Å². The minimum Gasteiger partial charge on any atom is -0.369 e. The number of unbranched alkanes of at least 4 members (excludes halogenated alkanes) is 1. The van der Waals surface area contributed by atoms with Crippen LogP contribution in [0.3, 0.4) is 0 Å². The first-order valence-corrected chi connectivity index (χ1v) is 17.7. The van der Waals surface area contributed by atoms with Crippen LogP contribution >= 0.6 is 0 Å². The lowest BCUT2D eigenvalue weighted by Gasteiger charge is -2.61. The van der Waals surface area contributed by atoms with Crippen LogP contribution in [0.15, 0.2) is 11.8 Å². The van der Waals surface area contributed by atoms with Crippen molar-refractivity contribution in [3.05, 3.63) is 11.8 Å². The molecule has 9 unspecified atom stereocenters. The number of Topliss-reactive ketones (excluding diaryl/α,β-unsaturated/α-hetero) is 1. The molecule has 10 heteroatoms. The van der Waals surface area contributed by atoms with Crippen LogP contribution in [0.2, 0.25) is 0 Å². The van der Waals surface area contributed by atoms with Crippen LogP contribution in [0.25, 0.3) is 0 Å². The lowest BCUT2D eigenvalue weighted by atomic mass is 9.65. The van der Waals surface area contributed by atoms with Gasteiger partial charge in [-0.1, -0.05) is 25.7 Å². The molecule has 1 amide bonds. The molecule has 6 rings (SSSR count). The maximum Gasteiger partial charge on any atom is 0.256 e. The molecule has 3 saturated carbocycles. The van der Waals surface area contributed by atoms with Crippen LogP contribution in [0.1, 0.15) is 64.2 Å². The van der Waals surface area contributed by atoms with Crippen LogP contribution in [-0.2, 0) is 14.3 Å². The lowest BCUT2D eigenvalue weighted by Crippen LogP contribution is -2.73. The maximum atomic E-state index is 16.1. The van der Waals surface area contributed by atoms with E-state index in [1.54, 1.807) is 0 Å². The highest BCUT2D eigenvalue weighted by molar-refractivity contribution is 6.20. The van der Waals surface area contributed by atoms with Gasteiger partial charge in [0.2, 0.25) is 0 Å². The molecule has 5 fully saturated rings. The van der Waals surface area contributed by atoms with Gasteiger partial charge in [-0.05, 0) is 91.1 Å². The third-order valence-corrected chi connectivity index (χ3v) is 11.7. The second kappa shape index (κ2) is 14.4. The van der Waals surface area contributed by atoms with E-state index in [-0.39, 0.29) is 41.9 Å². The highest BCUT2D eigenvalue weighted by Crippen LogP contribution is 2.50. The lowest BCUT2D eigenvalue weighted by molar-refractivity contribution is -0.208. The Labute approximate surface area is 264 Å². The van der Waals surface area contributed by atoms with Gasteiger partial charge in [-0.3, -0.25) is 9.59 Å². The first kappa shape index (κ1) is 32.4.